The third kappa shape index (κ3) is 1.85. The Morgan fingerprint density at radius 2 is 2.67 bits per heavy atom. The maximum Gasteiger partial charge on any atom is 0.0519 e. The zero-order valence-corrected chi connectivity index (χ0v) is 5.46. The number of nitrogens with zero attached hydrogens (tertiary/aromatic N) is 1. The molecule has 0 saturated carbocycles. The third-order valence-corrected chi connectivity index (χ3v) is 1.11. The van der Waals surface area contributed by atoms with Gasteiger partial charge in [0, 0.05) is 12.2 Å². The first kappa shape index (κ1) is 6.29. The Labute approximate surface area is 54.3 Å². The number of nitrogens with one attached hydrogen (secondary N) is 1. The van der Waals surface area contributed by atoms with Crippen LogP contribution in [0.2, 0.25) is 0 Å². The molecule has 0 amide bonds. The van der Waals surface area contributed by atoms with Crippen LogP contribution in [-0.2, 0) is 6.42 Å². The van der Waals surface area contributed by atoms with E-state index in [2.05, 4.69) is 10.2 Å². The van der Waals surface area contributed by atoms with Crippen LogP contribution in [0.3, 0.4) is 0 Å². The van der Waals surface area contributed by atoms with Gasteiger partial charge in [-0.3, -0.25) is 5.10 Å². The largest absolute Gasteiger partial charge is 0.328 e. The average Bonchev–Trinajstić information content (AvgIpc) is 2.15. The van der Waals surface area contributed by atoms with Crippen LogP contribution in [-0.4, -0.2) is 16.2 Å². The smallest absolute Gasteiger partial charge is 0.0519 e. The molecule has 0 radical (unpaired) electrons. The molecule has 0 fully saturated rings. The highest BCUT2D eigenvalue weighted by molar-refractivity contribution is 5.03. The van der Waals surface area contributed by atoms with Gasteiger partial charge in [0.25, 0.3) is 0 Å². The number of aromatic nitrogens is 2. The van der Waals surface area contributed by atoms with E-state index in [1.807, 2.05) is 13.1 Å². The summed E-state index contributed by atoms with van der Waals surface area (Å²) in [5, 5.41) is 6.52. The molecule has 0 aliphatic heterocycles. The summed E-state index contributed by atoms with van der Waals surface area (Å²) in [6.45, 7) is 1.98. The molecular formula is C6H11N3. The molecule has 0 unspecified atom stereocenters. The normalized spacial score (nSPS) is 13.6. The molecule has 0 aromatic carbocycles. The highest BCUT2D eigenvalue weighted by atomic mass is 15.1. The lowest BCUT2D eigenvalue weighted by Crippen LogP contribution is -2.17. The summed E-state index contributed by atoms with van der Waals surface area (Å²) in [6, 6.07) is 0.225. The maximum atomic E-state index is 5.54. The SMILES string of the molecule is C[C@@H](N)Cc1cn[nH]c1. The van der Waals surface area contributed by atoms with Crippen molar-refractivity contribution in [3.8, 4) is 0 Å². The van der Waals surface area contributed by atoms with Gasteiger partial charge in [0.1, 0.15) is 0 Å². The van der Waals surface area contributed by atoms with Crippen molar-refractivity contribution in [2.45, 2.75) is 19.4 Å². The van der Waals surface area contributed by atoms with Gasteiger partial charge < -0.3 is 5.73 Å². The van der Waals surface area contributed by atoms with Gasteiger partial charge in [0.15, 0.2) is 0 Å². The van der Waals surface area contributed by atoms with Crippen LogP contribution in [0.4, 0.5) is 0 Å². The fraction of sp³-hybridized carbons (Fsp3) is 0.500. The van der Waals surface area contributed by atoms with E-state index in [0.29, 0.717) is 0 Å². The van der Waals surface area contributed by atoms with Gasteiger partial charge in [-0.15, -0.1) is 0 Å². The topological polar surface area (TPSA) is 54.7 Å². The highest BCUT2D eigenvalue weighted by Crippen LogP contribution is 1.96. The van der Waals surface area contributed by atoms with Crippen molar-refractivity contribution in [3.63, 3.8) is 0 Å². The molecule has 1 aromatic rings. The number of rotatable bonds is 2. The van der Waals surface area contributed by atoms with Gasteiger partial charge in [-0.25, -0.2) is 0 Å². The van der Waals surface area contributed by atoms with Crippen molar-refractivity contribution in [3.05, 3.63) is 18.0 Å². The fourth-order valence-corrected chi connectivity index (χ4v) is 0.761. The van der Waals surface area contributed by atoms with E-state index in [9.17, 15) is 0 Å². The lowest BCUT2D eigenvalue weighted by atomic mass is 10.2. The Balaban J connectivity index is 2.48. The number of H-pyrrole nitrogens is 1. The molecule has 0 spiro atoms. The molecule has 50 valence electrons. The van der Waals surface area contributed by atoms with E-state index < -0.39 is 0 Å². The van der Waals surface area contributed by atoms with Crippen LogP contribution >= 0.6 is 0 Å². The molecule has 1 atom stereocenters. The van der Waals surface area contributed by atoms with Crippen molar-refractivity contribution in [1.82, 2.24) is 10.2 Å². The Kier molecular flexibility index (Phi) is 1.85. The second kappa shape index (κ2) is 2.64. The quantitative estimate of drug-likeness (QED) is 0.597. The lowest BCUT2D eigenvalue weighted by molar-refractivity contribution is 0.738. The van der Waals surface area contributed by atoms with E-state index >= 15 is 0 Å². The molecule has 3 N–H and O–H groups in total. The van der Waals surface area contributed by atoms with E-state index in [1.54, 1.807) is 6.20 Å². The molecule has 0 aliphatic carbocycles. The summed E-state index contributed by atoms with van der Waals surface area (Å²) in [5.41, 5.74) is 6.71. The van der Waals surface area contributed by atoms with Gasteiger partial charge in [0.05, 0.1) is 6.20 Å². The van der Waals surface area contributed by atoms with Crippen molar-refractivity contribution >= 4 is 0 Å². The maximum absolute atomic E-state index is 5.54. The van der Waals surface area contributed by atoms with Crippen LogP contribution < -0.4 is 5.73 Å². The molecule has 0 aliphatic rings. The summed E-state index contributed by atoms with van der Waals surface area (Å²) >= 11 is 0. The van der Waals surface area contributed by atoms with Crippen LogP contribution in [0.15, 0.2) is 12.4 Å². The first-order chi connectivity index (χ1) is 4.29. The van der Waals surface area contributed by atoms with Crippen molar-refractivity contribution in [2.24, 2.45) is 5.73 Å². The molecule has 0 bridgehead atoms. The minimum atomic E-state index is 0.225. The number of nitrogens with two attached hydrogens (primary N) is 1. The van der Waals surface area contributed by atoms with Crippen LogP contribution in [0.25, 0.3) is 0 Å². The second-order valence-corrected chi connectivity index (χ2v) is 2.29. The minimum Gasteiger partial charge on any atom is -0.328 e. The van der Waals surface area contributed by atoms with Crippen molar-refractivity contribution in [2.75, 3.05) is 0 Å². The number of aromatic amines is 1. The van der Waals surface area contributed by atoms with Gasteiger partial charge in [-0.1, -0.05) is 0 Å². The van der Waals surface area contributed by atoms with E-state index in [4.69, 9.17) is 5.73 Å². The van der Waals surface area contributed by atoms with Gasteiger partial charge in [-0.2, -0.15) is 5.10 Å². The summed E-state index contributed by atoms with van der Waals surface area (Å²) in [5.74, 6) is 0. The molecule has 1 heterocycles. The minimum absolute atomic E-state index is 0.225. The first-order valence-electron chi connectivity index (χ1n) is 3.02. The number of hydrogen-bond donors (Lipinski definition) is 2. The van der Waals surface area contributed by atoms with E-state index in [0.717, 1.165) is 6.42 Å². The Bertz CT molecular complexity index is 155. The first-order valence-corrected chi connectivity index (χ1v) is 3.02. The average molecular weight is 125 g/mol. The predicted molar refractivity (Wildman–Crippen MR) is 35.9 cm³/mol. The molecule has 9 heavy (non-hydrogen) atoms. The summed E-state index contributed by atoms with van der Waals surface area (Å²) in [4.78, 5) is 0. The third-order valence-electron chi connectivity index (χ3n) is 1.11. The molecule has 3 heteroatoms. The molecule has 1 rings (SSSR count). The summed E-state index contributed by atoms with van der Waals surface area (Å²) in [6.07, 6.45) is 4.56. The molecule has 3 nitrogen and oxygen atoms in total. The standard InChI is InChI=1S/C6H11N3/c1-5(7)2-6-3-8-9-4-6/h3-5H,2,7H2,1H3,(H,8,9)/t5-/m1/s1. The van der Waals surface area contributed by atoms with Crippen LogP contribution in [0.1, 0.15) is 12.5 Å². The van der Waals surface area contributed by atoms with Crippen molar-refractivity contribution in [1.29, 1.82) is 0 Å². The van der Waals surface area contributed by atoms with E-state index in [-0.39, 0.29) is 6.04 Å². The lowest BCUT2D eigenvalue weighted by Gasteiger charge is -1.98. The number of hydrogen-bond acceptors (Lipinski definition) is 2. The highest BCUT2D eigenvalue weighted by Gasteiger charge is 1.96. The zero-order valence-electron chi connectivity index (χ0n) is 5.46. The van der Waals surface area contributed by atoms with Crippen LogP contribution in [0, 0.1) is 0 Å². The fourth-order valence-electron chi connectivity index (χ4n) is 0.761. The predicted octanol–water partition coefficient (Wildman–Crippen LogP) is 0.299. The van der Waals surface area contributed by atoms with Crippen LogP contribution in [0.5, 0.6) is 0 Å². The molecule has 0 saturated heterocycles. The van der Waals surface area contributed by atoms with E-state index in [1.165, 1.54) is 5.56 Å². The van der Waals surface area contributed by atoms with Gasteiger partial charge in [0.2, 0.25) is 0 Å². The summed E-state index contributed by atoms with van der Waals surface area (Å²) < 4.78 is 0. The van der Waals surface area contributed by atoms with Gasteiger partial charge in [-0.05, 0) is 18.9 Å². The Hall–Kier alpha value is -0.830. The zero-order chi connectivity index (χ0) is 6.69. The monoisotopic (exact) mass is 125 g/mol. The second-order valence-electron chi connectivity index (χ2n) is 2.29. The Morgan fingerprint density at radius 3 is 3.11 bits per heavy atom. The molecule has 1 aromatic heterocycles. The summed E-state index contributed by atoms with van der Waals surface area (Å²) in [7, 11) is 0. The molecular weight excluding hydrogens is 114 g/mol. The van der Waals surface area contributed by atoms with Crippen molar-refractivity contribution < 1.29 is 0 Å². The Morgan fingerprint density at radius 1 is 1.89 bits per heavy atom. The van der Waals surface area contributed by atoms with Gasteiger partial charge >= 0.3 is 0 Å².